The van der Waals surface area contributed by atoms with Crippen molar-refractivity contribution in [3.63, 3.8) is 0 Å². The molecule has 0 aromatic heterocycles. The van der Waals surface area contributed by atoms with E-state index >= 15 is 0 Å². The molecule has 0 unspecified atom stereocenters. The van der Waals surface area contributed by atoms with Gasteiger partial charge in [0.15, 0.2) is 0 Å². The third-order valence-corrected chi connectivity index (χ3v) is 3.01. The number of halogens is 5. The highest BCUT2D eigenvalue weighted by Crippen LogP contribution is 2.24. The van der Waals surface area contributed by atoms with Crippen molar-refractivity contribution in [2.24, 2.45) is 0 Å². The Bertz CT molecular complexity index is 354. The lowest BCUT2D eigenvalue weighted by Crippen LogP contribution is -2.11. The third kappa shape index (κ3) is 5.25. The van der Waals surface area contributed by atoms with Gasteiger partial charge >= 0.3 is 6.18 Å². The first kappa shape index (κ1) is 13.9. The summed E-state index contributed by atoms with van der Waals surface area (Å²) in [6, 6.07) is 5.22. The van der Waals surface area contributed by atoms with E-state index in [2.05, 4.69) is 27.9 Å². The predicted molar refractivity (Wildman–Crippen MR) is 67.9 cm³/mol. The molecule has 1 N–H and O–H groups in total. The topological polar surface area (TPSA) is 12.0 Å². The van der Waals surface area contributed by atoms with Gasteiger partial charge in [-0.05, 0) is 47.2 Å². The standard InChI is InChI=1S/C10H10ClF3IN/c11-7-2-3-9(8(15)6-7)16-5-1-4-10(12,13)14/h2-3,6,16H,1,4-5H2. The molecule has 0 fully saturated rings. The average molecular weight is 364 g/mol. The van der Waals surface area contributed by atoms with Gasteiger partial charge in [-0.15, -0.1) is 0 Å². The Hall–Kier alpha value is -0.170. The molecule has 0 saturated carbocycles. The van der Waals surface area contributed by atoms with Crippen LogP contribution in [0.25, 0.3) is 0 Å². The van der Waals surface area contributed by atoms with Crippen LogP contribution in [0.3, 0.4) is 0 Å². The first-order valence-electron chi connectivity index (χ1n) is 4.64. The lowest BCUT2D eigenvalue weighted by molar-refractivity contribution is -0.134. The van der Waals surface area contributed by atoms with E-state index in [0.717, 1.165) is 9.26 Å². The van der Waals surface area contributed by atoms with Crippen LogP contribution < -0.4 is 5.32 Å². The Morgan fingerprint density at radius 2 is 2.00 bits per heavy atom. The highest BCUT2D eigenvalue weighted by atomic mass is 127. The van der Waals surface area contributed by atoms with Crippen LogP contribution in [-0.4, -0.2) is 12.7 Å². The van der Waals surface area contributed by atoms with Gasteiger partial charge in [-0.3, -0.25) is 0 Å². The van der Waals surface area contributed by atoms with Crippen LogP contribution in [0.15, 0.2) is 18.2 Å². The zero-order valence-electron chi connectivity index (χ0n) is 8.24. The summed E-state index contributed by atoms with van der Waals surface area (Å²) in [5.41, 5.74) is 0.812. The normalized spacial score (nSPS) is 11.6. The average Bonchev–Trinajstić information content (AvgIpc) is 2.13. The molecule has 1 aromatic carbocycles. The lowest BCUT2D eigenvalue weighted by Gasteiger charge is -2.10. The molecule has 0 bridgehead atoms. The van der Waals surface area contributed by atoms with Crippen LogP contribution in [0.2, 0.25) is 5.02 Å². The minimum absolute atomic E-state index is 0.0716. The van der Waals surface area contributed by atoms with Crippen molar-refractivity contribution in [2.75, 3.05) is 11.9 Å². The van der Waals surface area contributed by atoms with Crippen molar-refractivity contribution in [3.8, 4) is 0 Å². The Morgan fingerprint density at radius 3 is 2.56 bits per heavy atom. The Balaban J connectivity index is 2.38. The molecule has 1 aromatic rings. The van der Waals surface area contributed by atoms with E-state index in [1.807, 2.05) is 0 Å². The molecular weight excluding hydrogens is 353 g/mol. The second kappa shape index (κ2) is 5.95. The number of hydrogen-bond acceptors (Lipinski definition) is 1. The fourth-order valence-corrected chi connectivity index (χ4v) is 2.21. The van der Waals surface area contributed by atoms with Crippen LogP contribution in [0.5, 0.6) is 0 Å². The molecule has 0 heterocycles. The lowest BCUT2D eigenvalue weighted by atomic mass is 10.3. The highest BCUT2D eigenvalue weighted by molar-refractivity contribution is 14.1. The van der Waals surface area contributed by atoms with Gasteiger partial charge in [-0.25, -0.2) is 0 Å². The fourth-order valence-electron chi connectivity index (χ4n) is 1.14. The van der Waals surface area contributed by atoms with Gasteiger partial charge in [0.05, 0.1) is 0 Å². The maximum absolute atomic E-state index is 11.9. The molecule has 0 radical (unpaired) electrons. The molecule has 0 saturated heterocycles. The zero-order chi connectivity index (χ0) is 12.2. The van der Waals surface area contributed by atoms with Crippen LogP contribution in [0, 0.1) is 3.57 Å². The Labute approximate surface area is 111 Å². The first-order valence-corrected chi connectivity index (χ1v) is 6.10. The van der Waals surface area contributed by atoms with E-state index < -0.39 is 12.6 Å². The van der Waals surface area contributed by atoms with Gasteiger partial charge < -0.3 is 5.32 Å². The van der Waals surface area contributed by atoms with Crippen LogP contribution in [0.4, 0.5) is 18.9 Å². The molecule has 1 nitrogen and oxygen atoms in total. The minimum atomic E-state index is -4.07. The second-order valence-corrected chi connectivity index (χ2v) is 4.87. The van der Waals surface area contributed by atoms with Gasteiger partial charge in [-0.1, -0.05) is 11.6 Å². The molecular formula is C10H10ClF3IN. The number of benzene rings is 1. The number of nitrogens with one attached hydrogen (secondary N) is 1. The molecule has 0 aliphatic carbocycles. The van der Waals surface area contributed by atoms with E-state index in [-0.39, 0.29) is 6.42 Å². The van der Waals surface area contributed by atoms with E-state index in [1.165, 1.54) is 0 Å². The van der Waals surface area contributed by atoms with Crippen LogP contribution in [0.1, 0.15) is 12.8 Å². The molecule has 0 atom stereocenters. The van der Waals surface area contributed by atoms with Crippen molar-refractivity contribution in [1.29, 1.82) is 0 Å². The predicted octanol–water partition coefficient (Wildman–Crippen LogP) is 4.70. The Morgan fingerprint density at radius 1 is 1.31 bits per heavy atom. The smallest absolute Gasteiger partial charge is 0.384 e. The first-order chi connectivity index (χ1) is 7.38. The largest absolute Gasteiger partial charge is 0.389 e. The third-order valence-electron chi connectivity index (χ3n) is 1.88. The highest BCUT2D eigenvalue weighted by Gasteiger charge is 2.25. The van der Waals surface area contributed by atoms with Gasteiger partial charge in [0.25, 0.3) is 0 Å². The SMILES string of the molecule is FC(F)(F)CCCNc1ccc(Cl)cc1I. The molecule has 6 heteroatoms. The summed E-state index contributed by atoms with van der Waals surface area (Å²) in [6.07, 6.45) is -4.76. The van der Waals surface area contributed by atoms with Crippen molar-refractivity contribution >= 4 is 39.9 Å². The fraction of sp³-hybridized carbons (Fsp3) is 0.400. The van der Waals surface area contributed by atoms with Gasteiger partial charge in [0.1, 0.15) is 0 Å². The van der Waals surface area contributed by atoms with Crippen LogP contribution >= 0.6 is 34.2 Å². The zero-order valence-corrected chi connectivity index (χ0v) is 11.2. The number of rotatable bonds is 4. The monoisotopic (exact) mass is 363 g/mol. The van der Waals surface area contributed by atoms with E-state index in [4.69, 9.17) is 11.6 Å². The second-order valence-electron chi connectivity index (χ2n) is 3.27. The van der Waals surface area contributed by atoms with E-state index in [1.54, 1.807) is 18.2 Å². The van der Waals surface area contributed by atoms with E-state index in [9.17, 15) is 13.2 Å². The minimum Gasteiger partial charge on any atom is -0.384 e. The molecule has 16 heavy (non-hydrogen) atoms. The van der Waals surface area contributed by atoms with Crippen molar-refractivity contribution < 1.29 is 13.2 Å². The summed E-state index contributed by atoms with van der Waals surface area (Å²) < 4.78 is 36.5. The molecule has 0 aliphatic rings. The number of hydrogen-bond donors (Lipinski definition) is 1. The number of alkyl halides is 3. The summed E-state index contributed by atoms with van der Waals surface area (Å²) >= 11 is 7.84. The summed E-state index contributed by atoms with van der Waals surface area (Å²) in [5.74, 6) is 0. The van der Waals surface area contributed by atoms with Crippen molar-refractivity contribution in [1.82, 2.24) is 0 Å². The van der Waals surface area contributed by atoms with Gasteiger partial charge in [0, 0.05) is 27.2 Å². The van der Waals surface area contributed by atoms with Gasteiger partial charge in [-0.2, -0.15) is 13.2 Å². The quantitative estimate of drug-likeness (QED) is 0.604. The van der Waals surface area contributed by atoms with Crippen molar-refractivity contribution in [3.05, 3.63) is 26.8 Å². The summed E-state index contributed by atoms with van der Waals surface area (Å²) in [5, 5.41) is 3.56. The maximum Gasteiger partial charge on any atom is 0.389 e. The molecule has 0 spiro atoms. The van der Waals surface area contributed by atoms with E-state index in [0.29, 0.717) is 11.6 Å². The molecule has 0 amide bonds. The summed E-state index contributed by atoms with van der Waals surface area (Å²) in [6.45, 7) is 0.303. The summed E-state index contributed by atoms with van der Waals surface area (Å²) in [7, 11) is 0. The Kier molecular flexibility index (Phi) is 5.17. The van der Waals surface area contributed by atoms with Gasteiger partial charge in [0.2, 0.25) is 0 Å². The number of anilines is 1. The molecule has 1 rings (SSSR count). The molecule has 90 valence electrons. The molecule has 0 aliphatic heterocycles. The van der Waals surface area contributed by atoms with Crippen LogP contribution in [-0.2, 0) is 0 Å². The summed E-state index contributed by atoms with van der Waals surface area (Å²) in [4.78, 5) is 0. The maximum atomic E-state index is 11.9. The van der Waals surface area contributed by atoms with Crippen molar-refractivity contribution in [2.45, 2.75) is 19.0 Å².